The van der Waals surface area contributed by atoms with Crippen LogP contribution in [-0.4, -0.2) is 28.0 Å². The fourth-order valence-corrected chi connectivity index (χ4v) is 0. The predicted molar refractivity (Wildman–Crippen MR) is 31.7 cm³/mol. The Bertz CT molecular complexity index is 88.7. The monoisotopic (exact) mass is 154 g/mol. The number of carboxylic acid groups (broad SMARTS) is 2. The van der Waals surface area contributed by atoms with Crippen LogP contribution >= 0.6 is 11.6 Å². The maximum atomic E-state index is 9.10. The van der Waals surface area contributed by atoms with Gasteiger partial charge in [-0.1, -0.05) is 6.92 Å². The first kappa shape index (κ1) is 11.1. The summed E-state index contributed by atoms with van der Waals surface area (Å²) in [5.74, 6) is -2.93. The molecule has 0 aliphatic carbocycles. The molecular formula is C4H7ClO4. The second-order valence-corrected chi connectivity index (χ2v) is 1.41. The van der Waals surface area contributed by atoms with Crippen molar-refractivity contribution in [3.05, 3.63) is 0 Å². The van der Waals surface area contributed by atoms with E-state index in [1.165, 1.54) is 0 Å². The summed E-state index contributed by atoms with van der Waals surface area (Å²) >= 11 is 5.00. The number of hydrogen-bond acceptors (Lipinski definition) is 2. The van der Waals surface area contributed by atoms with Crippen LogP contribution in [0.2, 0.25) is 0 Å². The summed E-state index contributed by atoms with van der Waals surface area (Å²) in [4.78, 5) is 18.2. The lowest BCUT2D eigenvalue weighted by Gasteiger charge is -1.72. The lowest BCUT2D eigenvalue weighted by Crippen LogP contribution is -2.09. The minimum atomic E-state index is -1.82. The van der Waals surface area contributed by atoms with Crippen LogP contribution in [-0.2, 0) is 9.59 Å². The van der Waals surface area contributed by atoms with E-state index in [1.807, 2.05) is 6.92 Å². The molecular weight excluding hydrogens is 147 g/mol. The third kappa shape index (κ3) is 19.0. The van der Waals surface area contributed by atoms with Gasteiger partial charge in [0.25, 0.3) is 0 Å². The molecule has 54 valence electrons. The Kier molecular flexibility index (Phi) is 8.90. The average Bonchev–Trinajstić information content (AvgIpc) is 1.68. The Hall–Kier alpha value is -0.770. The van der Waals surface area contributed by atoms with E-state index >= 15 is 0 Å². The molecule has 0 aliphatic heterocycles. The molecule has 0 bridgehead atoms. The van der Waals surface area contributed by atoms with Gasteiger partial charge in [0, 0.05) is 5.88 Å². The van der Waals surface area contributed by atoms with Crippen molar-refractivity contribution in [1.29, 1.82) is 0 Å². The summed E-state index contributed by atoms with van der Waals surface area (Å²) in [6.07, 6.45) is 0. The standard InChI is InChI=1S/C2H5Cl.C2H2O4/c1-2-3;3-1(4)2(5)6/h2H2,1H3;(H,3,4)(H,5,6). The van der Waals surface area contributed by atoms with Crippen molar-refractivity contribution in [2.45, 2.75) is 6.92 Å². The maximum absolute atomic E-state index is 9.10. The second-order valence-electron chi connectivity index (χ2n) is 0.878. The molecule has 0 atom stereocenters. The van der Waals surface area contributed by atoms with E-state index in [1.54, 1.807) is 0 Å². The second kappa shape index (κ2) is 7.23. The molecule has 9 heavy (non-hydrogen) atoms. The van der Waals surface area contributed by atoms with Crippen LogP contribution in [0.15, 0.2) is 0 Å². The first-order valence-electron chi connectivity index (χ1n) is 2.08. The number of hydrogen-bond donors (Lipinski definition) is 2. The van der Waals surface area contributed by atoms with E-state index in [4.69, 9.17) is 31.4 Å². The van der Waals surface area contributed by atoms with Gasteiger partial charge in [0.05, 0.1) is 0 Å². The van der Waals surface area contributed by atoms with Gasteiger partial charge in [-0.2, -0.15) is 0 Å². The summed E-state index contributed by atoms with van der Waals surface area (Å²) in [6.45, 7) is 1.89. The molecule has 0 heterocycles. The molecule has 0 unspecified atom stereocenters. The van der Waals surface area contributed by atoms with Gasteiger partial charge in [0.15, 0.2) is 0 Å². The summed E-state index contributed by atoms with van der Waals surface area (Å²) in [5.41, 5.74) is 0. The average molecular weight is 155 g/mol. The smallest absolute Gasteiger partial charge is 0.414 e. The van der Waals surface area contributed by atoms with Crippen LogP contribution in [0, 0.1) is 0 Å². The molecule has 0 rings (SSSR count). The zero-order valence-corrected chi connectivity index (χ0v) is 5.55. The van der Waals surface area contributed by atoms with Gasteiger partial charge in [-0.3, -0.25) is 0 Å². The molecule has 0 aliphatic rings. The first-order valence-corrected chi connectivity index (χ1v) is 2.61. The summed E-state index contributed by atoms with van der Waals surface area (Å²) in [6, 6.07) is 0. The van der Waals surface area contributed by atoms with Gasteiger partial charge in [0.1, 0.15) is 0 Å². The molecule has 0 radical (unpaired) electrons. The van der Waals surface area contributed by atoms with Gasteiger partial charge in [0.2, 0.25) is 0 Å². The fraction of sp³-hybridized carbons (Fsp3) is 0.500. The van der Waals surface area contributed by atoms with Crippen molar-refractivity contribution < 1.29 is 19.8 Å². The van der Waals surface area contributed by atoms with Crippen molar-refractivity contribution in [3.63, 3.8) is 0 Å². The molecule has 0 saturated carbocycles. The Morgan fingerprint density at radius 2 is 1.44 bits per heavy atom. The highest BCUT2D eigenvalue weighted by Crippen LogP contribution is 1.59. The van der Waals surface area contributed by atoms with E-state index in [2.05, 4.69) is 0 Å². The number of carbonyl (C=O) groups is 2. The quantitative estimate of drug-likeness (QED) is 0.391. The Morgan fingerprint density at radius 1 is 1.33 bits per heavy atom. The number of alkyl halides is 1. The molecule has 0 aromatic rings. The third-order valence-electron chi connectivity index (χ3n) is 0.183. The van der Waals surface area contributed by atoms with Crippen molar-refractivity contribution in [1.82, 2.24) is 0 Å². The topological polar surface area (TPSA) is 74.6 Å². The lowest BCUT2D eigenvalue weighted by atomic mass is 10.7. The maximum Gasteiger partial charge on any atom is 0.414 e. The molecule has 4 nitrogen and oxygen atoms in total. The van der Waals surface area contributed by atoms with E-state index < -0.39 is 11.9 Å². The van der Waals surface area contributed by atoms with Crippen LogP contribution < -0.4 is 0 Å². The Morgan fingerprint density at radius 3 is 1.44 bits per heavy atom. The minimum Gasteiger partial charge on any atom is -0.473 e. The first-order chi connectivity index (χ1) is 4.06. The predicted octanol–water partition coefficient (Wildman–Crippen LogP) is 0.401. The normalized spacial score (nSPS) is 6.89. The number of halogens is 1. The van der Waals surface area contributed by atoms with Crippen LogP contribution in [0.3, 0.4) is 0 Å². The van der Waals surface area contributed by atoms with Crippen molar-refractivity contribution in [3.8, 4) is 0 Å². The lowest BCUT2D eigenvalue weighted by molar-refractivity contribution is -0.159. The zero-order valence-electron chi connectivity index (χ0n) is 4.80. The van der Waals surface area contributed by atoms with Crippen molar-refractivity contribution in [2.24, 2.45) is 0 Å². The molecule has 2 N–H and O–H groups in total. The highest BCUT2D eigenvalue weighted by Gasteiger charge is 2.04. The summed E-state index contributed by atoms with van der Waals surface area (Å²) in [7, 11) is 0. The number of rotatable bonds is 0. The molecule has 0 amide bonds. The van der Waals surface area contributed by atoms with Crippen LogP contribution in [0.25, 0.3) is 0 Å². The van der Waals surface area contributed by atoms with E-state index in [0.717, 1.165) is 5.88 Å². The van der Waals surface area contributed by atoms with Gasteiger partial charge in [-0.25, -0.2) is 9.59 Å². The fourth-order valence-electron chi connectivity index (χ4n) is 0. The molecule has 0 fully saturated rings. The zero-order chi connectivity index (χ0) is 7.86. The largest absolute Gasteiger partial charge is 0.473 e. The van der Waals surface area contributed by atoms with Gasteiger partial charge < -0.3 is 10.2 Å². The van der Waals surface area contributed by atoms with E-state index in [0.29, 0.717) is 0 Å². The summed E-state index contributed by atoms with van der Waals surface area (Å²) < 4.78 is 0. The highest BCUT2D eigenvalue weighted by molar-refractivity contribution is 6.27. The highest BCUT2D eigenvalue weighted by atomic mass is 35.5. The number of carboxylic acids is 2. The SMILES string of the molecule is CCCl.O=C(O)C(=O)O. The van der Waals surface area contributed by atoms with Crippen LogP contribution in [0.1, 0.15) is 6.92 Å². The molecule has 0 aromatic heterocycles. The van der Waals surface area contributed by atoms with E-state index in [9.17, 15) is 0 Å². The molecule has 0 aromatic carbocycles. The minimum absolute atomic E-state index is 0.722. The van der Waals surface area contributed by atoms with Crippen LogP contribution in [0.5, 0.6) is 0 Å². The van der Waals surface area contributed by atoms with Gasteiger partial charge in [-0.05, 0) is 0 Å². The van der Waals surface area contributed by atoms with Crippen molar-refractivity contribution >= 4 is 23.5 Å². The molecule has 0 saturated heterocycles. The van der Waals surface area contributed by atoms with Crippen molar-refractivity contribution in [2.75, 3.05) is 5.88 Å². The molecule has 0 spiro atoms. The Labute approximate surface area is 57.1 Å². The number of aliphatic carboxylic acids is 2. The van der Waals surface area contributed by atoms with Gasteiger partial charge >= 0.3 is 11.9 Å². The van der Waals surface area contributed by atoms with Crippen LogP contribution in [0.4, 0.5) is 0 Å². The van der Waals surface area contributed by atoms with E-state index in [-0.39, 0.29) is 0 Å². The Balaban J connectivity index is 0. The summed E-state index contributed by atoms with van der Waals surface area (Å²) in [5, 5.41) is 14.8. The third-order valence-corrected chi connectivity index (χ3v) is 0.183. The van der Waals surface area contributed by atoms with Gasteiger partial charge in [-0.15, -0.1) is 11.6 Å². The molecule has 5 heteroatoms.